The molecular formula is C25H26N4O4. The number of nitrogens with one attached hydrogen (secondary N) is 1. The van der Waals surface area contributed by atoms with Crippen LogP contribution in [-0.2, 0) is 9.59 Å². The first-order chi connectivity index (χ1) is 15.6. The van der Waals surface area contributed by atoms with E-state index in [2.05, 4.69) is 5.32 Å². The van der Waals surface area contributed by atoms with Crippen molar-refractivity contribution in [3.63, 3.8) is 0 Å². The van der Waals surface area contributed by atoms with Crippen molar-refractivity contribution in [2.24, 2.45) is 11.5 Å². The molecule has 3 rings (SSSR count). The molecule has 8 nitrogen and oxygen atoms in total. The molecule has 0 aliphatic carbocycles. The van der Waals surface area contributed by atoms with Gasteiger partial charge in [-0.25, -0.2) is 0 Å². The van der Waals surface area contributed by atoms with Gasteiger partial charge in [0.15, 0.2) is 0 Å². The van der Waals surface area contributed by atoms with Crippen molar-refractivity contribution >= 4 is 35.8 Å². The summed E-state index contributed by atoms with van der Waals surface area (Å²) in [5, 5.41) is 2.97. The fraction of sp³-hybridized carbons (Fsp3) is 0.200. The molecule has 1 unspecified atom stereocenters. The number of hydrogen-bond donors (Lipinski definition) is 3. The summed E-state index contributed by atoms with van der Waals surface area (Å²) in [6, 6.07) is 13.2. The van der Waals surface area contributed by atoms with Crippen LogP contribution >= 0.6 is 0 Å². The van der Waals surface area contributed by atoms with Gasteiger partial charge in [-0.3, -0.25) is 19.2 Å². The molecule has 2 aromatic carbocycles. The van der Waals surface area contributed by atoms with Crippen LogP contribution < -0.4 is 16.8 Å². The third-order valence-electron chi connectivity index (χ3n) is 5.45. The zero-order valence-corrected chi connectivity index (χ0v) is 18.3. The Morgan fingerprint density at radius 3 is 1.82 bits per heavy atom. The first-order valence-electron chi connectivity index (χ1n) is 10.4. The fourth-order valence-electron chi connectivity index (χ4n) is 3.55. The van der Waals surface area contributed by atoms with Gasteiger partial charge in [0.05, 0.1) is 5.54 Å². The second-order valence-corrected chi connectivity index (χ2v) is 8.20. The van der Waals surface area contributed by atoms with Crippen molar-refractivity contribution in [2.45, 2.75) is 18.9 Å². The van der Waals surface area contributed by atoms with E-state index in [-0.39, 0.29) is 11.8 Å². The number of likely N-dealkylation sites (tertiary alicyclic amines) is 1. The van der Waals surface area contributed by atoms with E-state index >= 15 is 0 Å². The smallest absolute Gasteiger partial charge is 0.248 e. The van der Waals surface area contributed by atoms with E-state index in [0.717, 1.165) is 11.1 Å². The van der Waals surface area contributed by atoms with E-state index in [1.54, 1.807) is 65.6 Å². The lowest BCUT2D eigenvalue weighted by atomic mass is 10.0. The summed E-state index contributed by atoms with van der Waals surface area (Å²) in [5.41, 5.74) is 12.2. The highest BCUT2D eigenvalue weighted by Gasteiger charge is 2.36. The van der Waals surface area contributed by atoms with Gasteiger partial charge in [0, 0.05) is 36.4 Å². The quantitative estimate of drug-likeness (QED) is 0.558. The van der Waals surface area contributed by atoms with Crippen LogP contribution in [0.25, 0.3) is 12.2 Å². The SMILES string of the molecule is CC1(NC(=O)/C=C/c2ccc(C(N)=O)cc2)CCN(C(=O)/C=C/c2ccc(C(N)=O)cc2)C1. The predicted octanol–water partition coefficient (Wildman–Crippen LogP) is 1.72. The Hall–Kier alpha value is -4.20. The minimum absolute atomic E-state index is 0.156. The van der Waals surface area contributed by atoms with E-state index in [9.17, 15) is 19.2 Å². The van der Waals surface area contributed by atoms with Gasteiger partial charge < -0.3 is 21.7 Å². The Balaban J connectivity index is 1.53. The molecule has 0 saturated carbocycles. The van der Waals surface area contributed by atoms with E-state index in [4.69, 9.17) is 11.5 Å². The van der Waals surface area contributed by atoms with E-state index < -0.39 is 17.4 Å². The maximum Gasteiger partial charge on any atom is 0.248 e. The molecule has 1 aliphatic rings. The average molecular weight is 447 g/mol. The lowest BCUT2D eigenvalue weighted by molar-refractivity contribution is -0.125. The lowest BCUT2D eigenvalue weighted by Gasteiger charge is -2.25. The van der Waals surface area contributed by atoms with Gasteiger partial charge in [0.1, 0.15) is 0 Å². The highest BCUT2D eigenvalue weighted by Crippen LogP contribution is 2.21. The van der Waals surface area contributed by atoms with Gasteiger partial charge in [0.25, 0.3) is 0 Å². The summed E-state index contributed by atoms with van der Waals surface area (Å²) in [6.45, 7) is 2.82. The summed E-state index contributed by atoms with van der Waals surface area (Å²) in [6.07, 6.45) is 6.85. The van der Waals surface area contributed by atoms with E-state index in [0.29, 0.717) is 30.6 Å². The molecule has 0 bridgehead atoms. The van der Waals surface area contributed by atoms with E-state index in [1.165, 1.54) is 12.2 Å². The van der Waals surface area contributed by atoms with Crippen molar-refractivity contribution in [2.75, 3.05) is 13.1 Å². The molecule has 5 N–H and O–H groups in total. The first-order valence-corrected chi connectivity index (χ1v) is 10.4. The van der Waals surface area contributed by atoms with Gasteiger partial charge in [0.2, 0.25) is 23.6 Å². The molecule has 4 amide bonds. The third-order valence-corrected chi connectivity index (χ3v) is 5.45. The summed E-state index contributed by atoms with van der Waals surface area (Å²) in [4.78, 5) is 48.9. The number of benzene rings is 2. The summed E-state index contributed by atoms with van der Waals surface area (Å²) in [5.74, 6) is -1.43. The van der Waals surface area contributed by atoms with Crippen molar-refractivity contribution < 1.29 is 19.2 Å². The monoisotopic (exact) mass is 446 g/mol. The normalized spacial score (nSPS) is 18.0. The van der Waals surface area contributed by atoms with Crippen LogP contribution in [0.15, 0.2) is 60.7 Å². The third kappa shape index (κ3) is 6.39. The standard InChI is InChI=1S/C25H26N4O4/c1-25(28-21(30)12-6-17-2-8-19(9-3-17)23(26)32)14-15-29(16-25)22(31)13-7-18-4-10-20(11-5-18)24(27)33/h2-13H,14-16H2,1H3,(H2,26,32)(H2,27,33)(H,28,30)/b12-6+,13-7+. The number of carbonyl (C=O) groups excluding carboxylic acids is 4. The largest absolute Gasteiger partial charge is 0.366 e. The predicted molar refractivity (Wildman–Crippen MR) is 126 cm³/mol. The zero-order chi connectivity index (χ0) is 24.0. The molecule has 1 saturated heterocycles. The topological polar surface area (TPSA) is 136 Å². The number of rotatable bonds is 7. The molecule has 1 fully saturated rings. The molecule has 8 heteroatoms. The van der Waals surface area contributed by atoms with Crippen LogP contribution in [0.3, 0.4) is 0 Å². The Kier molecular flexibility index (Phi) is 7.07. The first kappa shape index (κ1) is 23.5. The van der Waals surface area contributed by atoms with Crippen molar-refractivity contribution in [3.05, 3.63) is 82.9 Å². The van der Waals surface area contributed by atoms with Gasteiger partial charge in [-0.05, 0) is 60.9 Å². The maximum atomic E-state index is 12.6. The molecule has 0 aromatic heterocycles. The number of carbonyl (C=O) groups is 4. The van der Waals surface area contributed by atoms with Gasteiger partial charge in [-0.2, -0.15) is 0 Å². The Labute approximate surface area is 191 Å². The average Bonchev–Trinajstić information content (AvgIpc) is 3.18. The summed E-state index contributed by atoms with van der Waals surface area (Å²) in [7, 11) is 0. The molecule has 170 valence electrons. The van der Waals surface area contributed by atoms with Crippen LogP contribution in [0.2, 0.25) is 0 Å². The molecule has 33 heavy (non-hydrogen) atoms. The fourth-order valence-corrected chi connectivity index (χ4v) is 3.55. The minimum Gasteiger partial charge on any atom is -0.366 e. The van der Waals surface area contributed by atoms with E-state index in [1.807, 2.05) is 6.92 Å². The van der Waals surface area contributed by atoms with Crippen LogP contribution in [0.4, 0.5) is 0 Å². The number of amides is 4. The van der Waals surface area contributed by atoms with Crippen LogP contribution in [-0.4, -0.2) is 47.2 Å². The lowest BCUT2D eigenvalue weighted by Crippen LogP contribution is -2.47. The molecule has 0 spiro atoms. The summed E-state index contributed by atoms with van der Waals surface area (Å²) < 4.78 is 0. The van der Waals surface area contributed by atoms with Crippen molar-refractivity contribution in [1.29, 1.82) is 0 Å². The molecule has 2 aromatic rings. The van der Waals surface area contributed by atoms with Gasteiger partial charge in [-0.15, -0.1) is 0 Å². The van der Waals surface area contributed by atoms with Crippen LogP contribution in [0.5, 0.6) is 0 Å². The summed E-state index contributed by atoms with van der Waals surface area (Å²) >= 11 is 0. The van der Waals surface area contributed by atoms with Gasteiger partial charge >= 0.3 is 0 Å². The second-order valence-electron chi connectivity index (χ2n) is 8.20. The number of hydrogen-bond acceptors (Lipinski definition) is 4. The molecule has 1 aliphatic heterocycles. The zero-order valence-electron chi connectivity index (χ0n) is 18.3. The maximum absolute atomic E-state index is 12.6. The molecule has 1 heterocycles. The molecule has 1 atom stereocenters. The highest BCUT2D eigenvalue weighted by molar-refractivity contribution is 5.95. The number of nitrogens with zero attached hydrogens (tertiary/aromatic N) is 1. The Morgan fingerprint density at radius 1 is 0.848 bits per heavy atom. The highest BCUT2D eigenvalue weighted by atomic mass is 16.2. The van der Waals surface area contributed by atoms with Crippen molar-refractivity contribution in [3.8, 4) is 0 Å². The van der Waals surface area contributed by atoms with Gasteiger partial charge in [-0.1, -0.05) is 24.3 Å². The Morgan fingerprint density at radius 2 is 1.33 bits per heavy atom. The Bertz CT molecular complexity index is 1120. The van der Waals surface area contributed by atoms with Crippen LogP contribution in [0.1, 0.15) is 45.2 Å². The van der Waals surface area contributed by atoms with Crippen LogP contribution in [0, 0.1) is 0 Å². The number of nitrogens with two attached hydrogens (primary N) is 2. The second kappa shape index (κ2) is 9.95. The van der Waals surface area contributed by atoms with Crippen molar-refractivity contribution in [1.82, 2.24) is 10.2 Å². The minimum atomic E-state index is -0.538. The molecule has 0 radical (unpaired) electrons. The number of primary amides is 2. The molecular weight excluding hydrogens is 420 g/mol.